The van der Waals surface area contributed by atoms with Gasteiger partial charge in [0, 0.05) is 12.8 Å². The van der Waals surface area contributed by atoms with Crippen molar-refractivity contribution in [2.75, 3.05) is 12.4 Å². The van der Waals surface area contributed by atoms with Crippen molar-refractivity contribution < 1.29 is 4.74 Å². The Hall–Kier alpha value is -1.65. The first kappa shape index (κ1) is 11.8. The standard InChI is InChI=1S/C13H14N2OS/c1-16-9-10-4-2-5-11(8-10)15-13(14)12-6-3-7-17-12/h2-8H,9H2,1H3,(H2,14,15). The Kier molecular flexibility index (Phi) is 3.90. The monoisotopic (exact) mass is 246 g/mol. The third kappa shape index (κ3) is 3.15. The van der Waals surface area contributed by atoms with Crippen LogP contribution in [0.4, 0.5) is 5.69 Å². The second kappa shape index (κ2) is 5.61. The molecule has 17 heavy (non-hydrogen) atoms. The molecule has 0 bridgehead atoms. The second-order valence-electron chi connectivity index (χ2n) is 3.61. The predicted molar refractivity (Wildman–Crippen MR) is 71.9 cm³/mol. The zero-order valence-electron chi connectivity index (χ0n) is 9.57. The van der Waals surface area contributed by atoms with Crippen molar-refractivity contribution in [1.29, 1.82) is 5.41 Å². The molecule has 0 fully saturated rings. The lowest BCUT2D eigenvalue weighted by Gasteiger charge is -2.08. The van der Waals surface area contributed by atoms with Crippen LogP contribution in [0.5, 0.6) is 0 Å². The van der Waals surface area contributed by atoms with Crippen molar-refractivity contribution in [2.45, 2.75) is 6.61 Å². The molecule has 2 rings (SSSR count). The quantitative estimate of drug-likeness (QED) is 0.642. The molecule has 2 aromatic rings. The zero-order chi connectivity index (χ0) is 12.1. The maximum Gasteiger partial charge on any atom is 0.140 e. The van der Waals surface area contributed by atoms with E-state index in [0.29, 0.717) is 12.4 Å². The normalized spacial score (nSPS) is 10.2. The van der Waals surface area contributed by atoms with Crippen LogP contribution in [0.25, 0.3) is 0 Å². The molecule has 0 amide bonds. The fourth-order valence-corrected chi connectivity index (χ4v) is 2.16. The second-order valence-corrected chi connectivity index (χ2v) is 4.56. The summed E-state index contributed by atoms with van der Waals surface area (Å²) < 4.78 is 5.08. The van der Waals surface area contributed by atoms with E-state index in [1.165, 1.54) is 0 Å². The lowest BCUT2D eigenvalue weighted by Crippen LogP contribution is -2.10. The Morgan fingerprint density at radius 3 is 2.94 bits per heavy atom. The summed E-state index contributed by atoms with van der Waals surface area (Å²) in [6.45, 7) is 0.585. The van der Waals surface area contributed by atoms with Gasteiger partial charge in [0.15, 0.2) is 0 Å². The van der Waals surface area contributed by atoms with Crippen LogP contribution in [0, 0.1) is 5.41 Å². The molecule has 0 aliphatic rings. The van der Waals surface area contributed by atoms with Gasteiger partial charge in [-0.25, -0.2) is 0 Å². The van der Waals surface area contributed by atoms with Gasteiger partial charge in [-0.3, -0.25) is 5.41 Å². The number of anilines is 1. The molecule has 0 spiro atoms. The molecule has 0 radical (unpaired) electrons. The third-order valence-corrected chi connectivity index (χ3v) is 3.16. The Morgan fingerprint density at radius 1 is 1.35 bits per heavy atom. The van der Waals surface area contributed by atoms with Crippen LogP contribution in [-0.4, -0.2) is 12.9 Å². The van der Waals surface area contributed by atoms with E-state index in [1.807, 2.05) is 41.8 Å². The molecule has 0 unspecified atom stereocenters. The average molecular weight is 246 g/mol. The fourth-order valence-electron chi connectivity index (χ4n) is 1.53. The molecule has 88 valence electrons. The van der Waals surface area contributed by atoms with Gasteiger partial charge in [0.25, 0.3) is 0 Å². The van der Waals surface area contributed by atoms with Crippen LogP contribution in [0.1, 0.15) is 10.4 Å². The van der Waals surface area contributed by atoms with E-state index in [9.17, 15) is 0 Å². The number of nitrogens with one attached hydrogen (secondary N) is 2. The first-order valence-electron chi connectivity index (χ1n) is 5.27. The summed E-state index contributed by atoms with van der Waals surface area (Å²) >= 11 is 1.55. The highest BCUT2D eigenvalue weighted by Gasteiger charge is 2.03. The first-order valence-corrected chi connectivity index (χ1v) is 6.15. The van der Waals surface area contributed by atoms with Gasteiger partial charge in [-0.05, 0) is 29.1 Å². The molecule has 0 aliphatic heterocycles. The summed E-state index contributed by atoms with van der Waals surface area (Å²) in [6, 6.07) is 11.8. The van der Waals surface area contributed by atoms with Crippen molar-refractivity contribution in [3.63, 3.8) is 0 Å². The van der Waals surface area contributed by atoms with Gasteiger partial charge in [0.05, 0.1) is 11.5 Å². The maximum absolute atomic E-state index is 7.92. The largest absolute Gasteiger partial charge is 0.380 e. The number of ether oxygens (including phenoxy) is 1. The van der Waals surface area contributed by atoms with E-state index in [-0.39, 0.29) is 0 Å². The topological polar surface area (TPSA) is 45.1 Å². The zero-order valence-corrected chi connectivity index (χ0v) is 10.4. The SMILES string of the molecule is COCc1cccc(NC(=N)c2cccs2)c1. The molecule has 3 nitrogen and oxygen atoms in total. The van der Waals surface area contributed by atoms with Crippen LogP contribution >= 0.6 is 11.3 Å². The molecule has 0 aliphatic carbocycles. The number of amidine groups is 1. The summed E-state index contributed by atoms with van der Waals surface area (Å²) in [5, 5.41) is 13.0. The van der Waals surface area contributed by atoms with Crippen LogP contribution < -0.4 is 5.32 Å². The number of methoxy groups -OCH3 is 1. The Balaban J connectivity index is 2.08. The molecule has 2 N–H and O–H groups in total. The van der Waals surface area contributed by atoms with Crippen molar-refractivity contribution in [3.8, 4) is 0 Å². The van der Waals surface area contributed by atoms with Gasteiger partial charge < -0.3 is 10.1 Å². The van der Waals surface area contributed by atoms with E-state index in [1.54, 1.807) is 18.4 Å². The molecule has 1 heterocycles. The van der Waals surface area contributed by atoms with Crippen molar-refractivity contribution in [1.82, 2.24) is 0 Å². The molecular weight excluding hydrogens is 232 g/mol. The molecule has 0 saturated carbocycles. The van der Waals surface area contributed by atoms with Crippen LogP contribution in [0.15, 0.2) is 41.8 Å². The molecule has 0 saturated heterocycles. The van der Waals surface area contributed by atoms with Crippen molar-refractivity contribution in [2.24, 2.45) is 0 Å². The van der Waals surface area contributed by atoms with E-state index >= 15 is 0 Å². The summed E-state index contributed by atoms with van der Waals surface area (Å²) in [4.78, 5) is 0.933. The molecule has 0 atom stereocenters. The summed E-state index contributed by atoms with van der Waals surface area (Å²) in [5.41, 5.74) is 2.01. The van der Waals surface area contributed by atoms with Crippen LogP contribution in [-0.2, 0) is 11.3 Å². The number of thiophene rings is 1. The van der Waals surface area contributed by atoms with Crippen molar-refractivity contribution >= 4 is 22.9 Å². The summed E-state index contributed by atoms with van der Waals surface area (Å²) in [6.07, 6.45) is 0. The highest BCUT2D eigenvalue weighted by atomic mass is 32.1. The fraction of sp³-hybridized carbons (Fsp3) is 0.154. The van der Waals surface area contributed by atoms with E-state index in [4.69, 9.17) is 10.1 Å². The number of rotatable bonds is 4. The van der Waals surface area contributed by atoms with E-state index in [0.717, 1.165) is 16.1 Å². The minimum Gasteiger partial charge on any atom is -0.380 e. The van der Waals surface area contributed by atoms with Gasteiger partial charge >= 0.3 is 0 Å². The predicted octanol–water partition coefficient (Wildman–Crippen LogP) is 3.33. The molecule has 4 heteroatoms. The first-order chi connectivity index (χ1) is 8.29. The number of hydrogen-bond acceptors (Lipinski definition) is 3. The number of hydrogen-bond donors (Lipinski definition) is 2. The summed E-state index contributed by atoms with van der Waals surface area (Å²) in [7, 11) is 1.67. The smallest absolute Gasteiger partial charge is 0.140 e. The number of benzene rings is 1. The maximum atomic E-state index is 7.92. The lowest BCUT2D eigenvalue weighted by molar-refractivity contribution is 0.185. The summed E-state index contributed by atoms with van der Waals surface area (Å²) in [5.74, 6) is 0.426. The van der Waals surface area contributed by atoms with E-state index < -0.39 is 0 Å². The van der Waals surface area contributed by atoms with Gasteiger partial charge in [-0.2, -0.15) is 0 Å². The molecular formula is C13H14N2OS. The lowest BCUT2D eigenvalue weighted by atomic mass is 10.2. The van der Waals surface area contributed by atoms with Crippen LogP contribution in [0.3, 0.4) is 0 Å². The van der Waals surface area contributed by atoms with Gasteiger partial charge in [0.2, 0.25) is 0 Å². The van der Waals surface area contributed by atoms with Gasteiger partial charge in [0.1, 0.15) is 5.84 Å². The van der Waals surface area contributed by atoms with Gasteiger partial charge in [-0.15, -0.1) is 11.3 Å². The van der Waals surface area contributed by atoms with Gasteiger partial charge in [-0.1, -0.05) is 18.2 Å². The minimum atomic E-state index is 0.426. The minimum absolute atomic E-state index is 0.426. The molecule has 1 aromatic heterocycles. The Morgan fingerprint density at radius 2 is 2.24 bits per heavy atom. The molecule has 1 aromatic carbocycles. The Labute approximate surface area is 105 Å². The van der Waals surface area contributed by atoms with Crippen LogP contribution in [0.2, 0.25) is 0 Å². The third-order valence-electron chi connectivity index (χ3n) is 2.27. The highest BCUT2D eigenvalue weighted by molar-refractivity contribution is 7.12. The average Bonchev–Trinajstić information content (AvgIpc) is 2.83. The van der Waals surface area contributed by atoms with Crippen molar-refractivity contribution in [3.05, 3.63) is 52.2 Å². The highest BCUT2D eigenvalue weighted by Crippen LogP contribution is 2.15. The van der Waals surface area contributed by atoms with E-state index in [2.05, 4.69) is 5.32 Å². The Bertz CT molecular complexity index is 494.